The number of aliphatic hydroxyl groups is 1. The fourth-order valence-electron chi connectivity index (χ4n) is 2.13. The maximum Gasteiger partial charge on any atom is 0.133 e. The van der Waals surface area contributed by atoms with Gasteiger partial charge in [-0.3, -0.25) is 0 Å². The smallest absolute Gasteiger partial charge is 0.133 e. The van der Waals surface area contributed by atoms with Gasteiger partial charge in [0.1, 0.15) is 24.2 Å². The summed E-state index contributed by atoms with van der Waals surface area (Å²) >= 11 is 0. The highest BCUT2D eigenvalue weighted by molar-refractivity contribution is 5.39. The Labute approximate surface area is 124 Å². The molecule has 1 aromatic heterocycles. The van der Waals surface area contributed by atoms with Crippen LogP contribution >= 0.6 is 0 Å². The maximum atomic E-state index is 9.94. The second-order valence-corrected chi connectivity index (χ2v) is 5.25. The molecule has 114 valence electrons. The van der Waals surface area contributed by atoms with Gasteiger partial charge in [-0.05, 0) is 31.9 Å². The third-order valence-corrected chi connectivity index (χ3v) is 3.19. The number of aryl methyl sites for hydroxylation is 3. The molecule has 0 bridgehead atoms. The number of aromatic nitrogens is 1. The minimum Gasteiger partial charge on any atom is -0.490 e. The Kier molecular flexibility index (Phi) is 5.36. The first-order valence-corrected chi connectivity index (χ1v) is 7.06. The average Bonchev–Trinajstić information content (AvgIpc) is 2.84. The van der Waals surface area contributed by atoms with E-state index in [1.807, 2.05) is 45.0 Å². The van der Waals surface area contributed by atoms with Crippen LogP contribution < -0.4 is 10.1 Å². The van der Waals surface area contributed by atoms with Crippen molar-refractivity contribution in [3.05, 3.63) is 46.8 Å². The molecule has 0 fully saturated rings. The van der Waals surface area contributed by atoms with E-state index < -0.39 is 6.10 Å². The summed E-state index contributed by atoms with van der Waals surface area (Å²) in [6, 6.07) is 7.86. The van der Waals surface area contributed by atoms with Crippen LogP contribution in [0, 0.1) is 20.8 Å². The van der Waals surface area contributed by atoms with Crippen molar-refractivity contribution < 1.29 is 14.4 Å². The van der Waals surface area contributed by atoms with Crippen LogP contribution in [0.15, 0.2) is 28.8 Å². The number of benzene rings is 1. The monoisotopic (exact) mass is 290 g/mol. The summed E-state index contributed by atoms with van der Waals surface area (Å²) in [5.41, 5.74) is 2.98. The largest absolute Gasteiger partial charge is 0.490 e. The molecule has 1 heterocycles. The van der Waals surface area contributed by atoms with E-state index in [2.05, 4.69) is 10.5 Å². The molecule has 0 aliphatic heterocycles. The highest BCUT2D eigenvalue weighted by atomic mass is 16.5. The maximum absolute atomic E-state index is 9.94. The summed E-state index contributed by atoms with van der Waals surface area (Å²) in [5.74, 6) is 1.63. The van der Waals surface area contributed by atoms with Gasteiger partial charge in [-0.15, -0.1) is 0 Å². The molecular formula is C16H22N2O3. The number of ether oxygens (including phenoxy) is 1. The molecule has 2 aromatic rings. The molecule has 0 saturated carbocycles. The number of hydrogen-bond acceptors (Lipinski definition) is 5. The fraction of sp³-hybridized carbons (Fsp3) is 0.438. The summed E-state index contributed by atoms with van der Waals surface area (Å²) in [6.07, 6.45) is -0.572. The van der Waals surface area contributed by atoms with E-state index in [0.717, 1.165) is 28.3 Å². The van der Waals surface area contributed by atoms with Crippen molar-refractivity contribution in [2.24, 2.45) is 0 Å². The third-order valence-electron chi connectivity index (χ3n) is 3.19. The van der Waals surface area contributed by atoms with E-state index in [9.17, 15) is 5.11 Å². The van der Waals surface area contributed by atoms with Crippen LogP contribution in [0.1, 0.15) is 22.6 Å². The van der Waals surface area contributed by atoms with Crippen molar-refractivity contribution in [3.63, 3.8) is 0 Å². The van der Waals surface area contributed by atoms with Gasteiger partial charge in [-0.2, -0.15) is 0 Å². The van der Waals surface area contributed by atoms with Gasteiger partial charge in [0.15, 0.2) is 0 Å². The molecule has 1 aromatic carbocycles. The molecule has 5 heteroatoms. The highest BCUT2D eigenvalue weighted by Gasteiger charge is 2.09. The average molecular weight is 290 g/mol. The van der Waals surface area contributed by atoms with Crippen molar-refractivity contribution >= 4 is 0 Å². The number of rotatable bonds is 7. The van der Waals surface area contributed by atoms with E-state index in [-0.39, 0.29) is 6.61 Å². The molecule has 2 rings (SSSR count). The summed E-state index contributed by atoms with van der Waals surface area (Å²) in [6.45, 7) is 7.12. The fourth-order valence-corrected chi connectivity index (χ4v) is 2.13. The Morgan fingerprint density at radius 1 is 1.29 bits per heavy atom. The molecule has 0 radical (unpaired) electrons. The lowest BCUT2D eigenvalue weighted by Gasteiger charge is -2.15. The van der Waals surface area contributed by atoms with Gasteiger partial charge in [-0.1, -0.05) is 23.4 Å². The molecular weight excluding hydrogens is 268 g/mol. The Hall–Kier alpha value is -1.85. The lowest BCUT2D eigenvalue weighted by Crippen LogP contribution is -2.31. The van der Waals surface area contributed by atoms with Gasteiger partial charge < -0.3 is 19.7 Å². The predicted molar refractivity (Wildman–Crippen MR) is 80.4 cm³/mol. The Balaban J connectivity index is 1.73. The molecule has 0 aliphatic carbocycles. The Morgan fingerprint density at radius 2 is 2.00 bits per heavy atom. The van der Waals surface area contributed by atoms with Gasteiger partial charge >= 0.3 is 0 Å². The first-order chi connectivity index (χ1) is 10.1. The van der Waals surface area contributed by atoms with Crippen molar-refractivity contribution in [1.29, 1.82) is 0 Å². The van der Waals surface area contributed by atoms with Crippen LogP contribution in [0.4, 0.5) is 0 Å². The van der Waals surface area contributed by atoms with Crippen molar-refractivity contribution in [3.8, 4) is 5.75 Å². The van der Waals surface area contributed by atoms with Crippen LogP contribution in [0.5, 0.6) is 5.75 Å². The van der Waals surface area contributed by atoms with E-state index in [1.54, 1.807) is 0 Å². The molecule has 5 nitrogen and oxygen atoms in total. The van der Waals surface area contributed by atoms with Crippen LogP contribution in [0.3, 0.4) is 0 Å². The first-order valence-electron chi connectivity index (χ1n) is 7.06. The summed E-state index contributed by atoms with van der Waals surface area (Å²) in [7, 11) is 0. The predicted octanol–water partition coefficient (Wildman–Crippen LogP) is 2.13. The van der Waals surface area contributed by atoms with Crippen LogP contribution in [-0.2, 0) is 6.54 Å². The van der Waals surface area contributed by atoms with Crippen LogP contribution in [0.2, 0.25) is 0 Å². The zero-order chi connectivity index (χ0) is 15.2. The number of aliphatic hydroxyl groups excluding tert-OH is 1. The molecule has 0 amide bonds. The number of para-hydroxylation sites is 1. The zero-order valence-corrected chi connectivity index (χ0v) is 12.7. The van der Waals surface area contributed by atoms with Crippen molar-refractivity contribution in [2.75, 3.05) is 13.2 Å². The van der Waals surface area contributed by atoms with Crippen molar-refractivity contribution in [2.45, 2.75) is 33.4 Å². The summed E-state index contributed by atoms with van der Waals surface area (Å²) < 4.78 is 10.7. The first kappa shape index (κ1) is 15.5. The molecule has 21 heavy (non-hydrogen) atoms. The van der Waals surface area contributed by atoms with Crippen LogP contribution in [0.25, 0.3) is 0 Å². The van der Waals surface area contributed by atoms with E-state index >= 15 is 0 Å². The number of hydrogen-bond donors (Lipinski definition) is 2. The van der Waals surface area contributed by atoms with E-state index in [1.165, 1.54) is 0 Å². The summed E-state index contributed by atoms with van der Waals surface area (Å²) in [4.78, 5) is 0. The normalized spacial score (nSPS) is 12.4. The molecule has 1 unspecified atom stereocenters. The Morgan fingerprint density at radius 3 is 2.62 bits per heavy atom. The van der Waals surface area contributed by atoms with Gasteiger partial charge in [0.25, 0.3) is 0 Å². The molecule has 1 atom stereocenters. The Bertz CT molecular complexity index is 560. The molecule has 0 spiro atoms. The lowest BCUT2D eigenvalue weighted by atomic mass is 10.1. The van der Waals surface area contributed by atoms with Gasteiger partial charge in [0.2, 0.25) is 0 Å². The second-order valence-electron chi connectivity index (χ2n) is 5.25. The quantitative estimate of drug-likeness (QED) is 0.817. The van der Waals surface area contributed by atoms with Crippen LogP contribution in [-0.4, -0.2) is 29.5 Å². The topological polar surface area (TPSA) is 67.5 Å². The minimum atomic E-state index is -0.572. The van der Waals surface area contributed by atoms with Gasteiger partial charge in [0, 0.05) is 19.2 Å². The lowest BCUT2D eigenvalue weighted by molar-refractivity contribution is 0.105. The highest BCUT2D eigenvalue weighted by Crippen LogP contribution is 2.22. The summed E-state index contributed by atoms with van der Waals surface area (Å²) in [5, 5.41) is 17.0. The number of nitrogens with one attached hydrogen (secondary N) is 1. The SMILES string of the molecule is Cc1cc(CNCC(O)COc2c(C)cccc2C)no1. The van der Waals surface area contributed by atoms with Gasteiger partial charge in [-0.25, -0.2) is 0 Å². The standard InChI is InChI=1S/C16H22N2O3/c1-11-5-4-6-12(2)16(11)20-10-15(19)9-17-8-14-7-13(3)21-18-14/h4-7,15,17,19H,8-10H2,1-3H3. The minimum absolute atomic E-state index is 0.260. The molecule has 0 saturated heterocycles. The van der Waals surface area contributed by atoms with Gasteiger partial charge in [0.05, 0.1) is 5.69 Å². The third kappa shape index (κ3) is 4.58. The zero-order valence-electron chi connectivity index (χ0n) is 12.7. The van der Waals surface area contributed by atoms with Crippen molar-refractivity contribution in [1.82, 2.24) is 10.5 Å². The molecule has 2 N–H and O–H groups in total. The van der Waals surface area contributed by atoms with E-state index in [4.69, 9.17) is 9.26 Å². The second kappa shape index (κ2) is 7.24. The molecule has 0 aliphatic rings. The number of nitrogens with zero attached hydrogens (tertiary/aromatic N) is 1. The van der Waals surface area contributed by atoms with E-state index in [0.29, 0.717) is 13.1 Å².